The number of carbonyl (C=O) groups is 3. The first-order chi connectivity index (χ1) is 14.5. The zero-order valence-corrected chi connectivity index (χ0v) is 16.1. The summed E-state index contributed by atoms with van der Waals surface area (Å²) >= 11 is 0. The highest BCUT2D eigenvalue weighted by atomic mass is 16.2. The van der Waals surface area contributed by atoms with E-state index >= 15 is 0 Å². The van der Waals surface area contributed by atoms with Crippen molar-refractivity contribution in [3.05, 3.63) is 96.1 Å². The average Bonchev–Trinajstić information content (AvgIpc) is 3.15. The number of hydrogen-bond acceptors (Lipinski definition) is 4. The maximum atomic E-state index is 12.9. The number of ketones is 1. The van der Waals surface area contributed by atoms with Crippen LogP contribution in [0, 0.1) is 0 Å². The fourth-order valence-corrected chi connectivity index (χ4v) is 3.08. The quantitative estimate of drug-likeness (QED) is 0.496. The number of rotatable bonds is 5. The van der Waals surface area contributed by atoms with Crippen LogP contribution in [0.15, 0.2) is 79.0 Å². The molecule has 0 fully saturated rings. The van der Waals surface area contributed by atoms with Crippen LogP contribution in [0.5, 0.6) is 0 Å². The minimum Gasteiger partial charge on any atom is -0.321 e. The Hall–Kier alpha value is -4.26. The molecule has 148 valence electrons. The molecule has 0 aliphatic heterocycles. The van der Waals surface area contributed by atoms with E-state index < -0.39 is 11.8 Å². The van der Waals surface area contributed by atoms with E-state index in [0.29, 0.717) is 22.5 Å². The minimum atomic E-state index is -0.474. The van der Waals surface area contributed by atoms with Crippen LogP contribution in [0.2, 0.25) is 0 Å². The number of Topliss-reactive ketones (excluding diaryl/α,β-unsaturated/α-hetero) is 1. The van der Waals surface area contributed by atoms with E-state index in [1.54, 1.807) is 65.2 Å². The second-order valence-electron chi connectivity index (χ2n) is 6.65. The van der Waals surface area contributed by atoms with Crippen molar-refractivity contribution in [2.75, 3.05) is 10.6 Å². The normalized spacial score (nSPS) is 10.6. The third-order valence-electron chi connectivity index (χ3n) is 4.53. The Labute approximate surface area is 172 Å². The summed E-state index contributed by atoms with van der Waals surface area (Å²) in [5.41, 5.74) is 2.20. The summed E-state index contributed by atoms with van der Waals surface area (Å²) in [5.74, 6) is -0.909. The summed E-state index contributed by atoms with van der Waals surface area (Å²) < 4.78 is 1.57. The van der Waals surface area contributed by atoms with Gasteiger partial charge in [-0.25, -0.2) is 4.98 Å². The van der Waals surface area contributed by atoms with Crippen molar-refractivity contribution in [2.24, 2.45) is 0 Å². The van der Waals surface area contributed by atoms with Crippen LogP contribution < -0.4 is 10.6 Å². The van der Waals surface area contributed by atoms with Crippen LogP contribution in [0.4, 0.5) is 11.4 Å². The van der Waals surface area contributed by atoms with Crippen molar-refractivity contribution in [3.63, 3.8) is 0 Å². The molecule has 0 radical (unpaired) electrons. The first-order valence-electron chi connectivity index (χ1n) is 9.29. The Morgan fingerprint density at radius 2 is 1.50 bits per heavy atom. The number of anilines is 2. The van der Waals surface area contributed by atoms with Crippen LogP contribution in [-0.4, -0.2) is 27.0 Å². The van der Waals surface area contributed by atoms with Gasteiger partial charge in [0.1, 0.15) is 0 Å². The molecule has 0 unspecified atom stereocenters. The van der Waals surface area contributed by atoms with E-state index in [1.165, 1.54) is 6.92 Å². The van der Waals surface area contributed by atoms with E-state index in [-0.39, 0.29) is 17.3 Å². The molecule has 0 spiro atoms. The average molecular weight is 398 g/mol. The molecule has 0 atom stereocenters. The predicted molar refractivity (Wildman–Crippen MR) is 114 cm³/mol. The number of pyridine rings is 1. The number of amides is 2. The molecule has 7 heteroatoms. The van der Waals surface area contributed by atoms with Gasteiger partial charge in [0, 0.05) is 23.1 Å². The number of imidazole rings is 1. The molecule has 0 saturated carbocycles. The summed E-state index contributed by atoms with van der Waals surface area (Å²) in [7, 11) is 0. The lowest BCUT2D eigenvalue weighted by Gasteiger charge is -2.05. The van der Waals surface area contributed by atoms with Gasteiger partial charge in [0.15, 0.2) is 11.5 Å². The van der Waals surface area contributed by atoms with Crippen LogP contribution in [0.3, 0.4) is 0 Å². The third-order valence-corrected chi connectivity index (χ3v) is 4.53. The Morgan fingerprint density at radius 3 is 2.27 bits per heavy atom. The molecule has 2 aromatic carbocycles. The molecular weight excluding hydrogens is 380 g/mol. The molecule has 0 aliphatic carbocycles. The molecule has 2 aromatic heterocycles. The lowest BCUT2D eigenvalue weighted by Crippen LogP contribution is -2.16. The fourth-order valence-electron chi connectivity index (χ4n) is 3.08. The summed E-state index contributed by atoms with van der Waals surface area (Å²) in [6.45, 7) is 1.46. The molecule has 30 heavy (non-hydrogen) atoms. The second-order valence-corrected chi connectivity index (χ2v) is 6.65. The number of benzene rings is 2. The molecular formula is C23H18N4O3. The van der Waals surface area contributed by atoms with Crippen molar-refractivity contribution in [3.8, 4) is 0 Å². The van der Waals surface area contributed by atoms with Gasteiger partial charge in [-0.3, -0.25) is 18.8 Å². The highest BCUT2D eigenvalue weighted by Gasteiger charge is 2.21. The van der Waals surface area contributed by atoms with Crippen molar-refractivity contribution in [2.45, 2.75) is 6.92 Å². The zero-order chi connectivity index (χ0) is 21.1. The molecule has 4 aromatic rings. The number of carbonyl (C=O) groups excluding carboxylic acids is 3. The number of nitrogens with one attached hydrogen (secondary N) is 2. The smallest absolute Gasteiger partial charge is 0.292 e. The molecule has 2 N–H and O–H groups in total. The first kappa shape index (κ1) is 19.1. The molecule has 0 aliphatic rings. The van der Waals surface area contributed by atoms with Gasteiger partial charge >= 0.3 is 0 Å². The third kappa shape index (κ3) is 3.81. The highest BCUT2D eigenvalue weighted by molar-refractivity contribution is 6.10. The number of para-hydroxylation sites is 1. The van der Waals surface area contributed by atoms with Gasteiger partial charge in [-0.1, -0.05) is 36.4 Å². The van der Waals surface area contributed by atoms with Crippen molar-refractivity contribution in [1.82, 2.24) is 9.38 Å². The van der Waals surface area contributed by atoms with Crippen molar-refractivity contribution in [1.29, 1.82) is 0 Å². The van der Waals surface area contributed by atoms with Crippen molar-refractivity contribution >= 4 is 34.5 Å². The largest absolute Gasteiger partial charge is 0.321 e. The van der Waals surface area contributed by atoms with Gasteiger partial charge in [0.25, 0.3) is 11.8 Å². The second kappa shape index (κ2) is 8.00. The first-order valence-corrected chi connectivity index (χ1v) is 9.29. The van der Waals surface area contributed by atoms with Crippen LogP contribution >= 0.6 is 0 Å². The maximum Gasteiger partial charge on any atom is 0.292 e. The van der Waals surface area contributed by atoms with Crippen LogP contribution in [0.1, 0.15) is 38.4 Å². The SMILES string of the molecule is CC(=O)c1cccc(NC(=O)c2nc(C(=O)Nc3ccccc3)n3ccccc23)c1. The standard InChI is InChI=1S/C23H18N4O3/c1-15(28)16-8-7-11-18(14-16)25-22(29)20-19-12-5-6-13-27(19)21(26-20)23(30)24-17-9-3-2-4-10-17/h2-14H,1H3,(H,24,30)(H,25,29). The molecule has 2 amide bonds. The number of nitrogens with zero attached hydrogens (tertiary/aromatic N) is 2. The minimum absolute atomic E-state index is 0.0945. The molecule has 7 nitrogen and oxygen atoms in total. The van der Waals surface area contributed by atoms with Crippen molar-refractivity contribution < 1.29 is 14.4 Å². The maximum absolute atomic E-state index is 12.9. The van der Waals surface area contributed by atoms with Crippen LogP contribution in [0.25, 0.3) is 5.52 Å². The van der Waals surface area contributed by atoms with E-state index in [9.17, 15) is 14.4 Å². The number of aromatic nitrogens is 2. The predicted octanol–water partition coefficient (Wildman–Crippen LogP) is 4.04. The van der Waals surface area contributed by atoms with Gasteiger partial charge < -0.3 is 10.6 Å². The summed E-state index contributed by atoms with van der Waals surface area (Å²) in [5, 5.41) is 5.53. The van der Waals surface area contributed by atoms with Gasteiger partial charge in [0.05, 0.1) is 5.52 Å². The number of hydrogen-bond donors (Lipinski definition) is 2. The van der Waals surface area contributed by atoms with Gasteiger partial charge in [-0.2, -0.15) is 0 Å². The van der Waals surface area contributed by atoms with E-state index in [0.717, 1.165) is 0 Å². The fraction of sp³-hybridized carbons (Fsp3) is 0.0435. The summed E-state index contributed by atoms with van der Waals surface area (Å²) in [4.78, 5) is 41.6. The van der Waals surface area contributed by atoms with E-state index in [2.05, 4.69) is 15.6 Å². The van der Waals surface area contributed by atoms with Crippen LogP contribution in [-0.2, 0) is 0 Å². The Bertz CT molecular complexity index is 1260. The Kier molecular flexibility index (Phi) is 5.09. The van der Waals surface area contributed by atoms with Gasteiger partial charge in [0.2, 0.25) is 5.82 Å². The molecule has 4 rings (SSSR count). The number of fused-ring (bicyclic) bond motifs is 1. The van der Waals surface area contributed by atoms with E-state index in [4.69, 9.17) is 0 Å². The zero-order valence-electron chi connectivity index (χ0n) is 16.1. The summed E-state index contributed by atoms with van der Waals surface area (Å²) in [6, 6.07) is 20.9. The summed E-state index contributed by atoms with van der Waals surface area (Å²) in [6.07, 6.45) is 1.68. The topological polar surface area (TPSA) is 92.6 Å². The highest BCUT2D eigenvalue weighted by Crippen LogP contribution is 2.18. The molecule has 0 saturated heterocycles. The van der Waals surface area contributed by atoms with Gasteiger partial charge in [-0.05, 0) is 43.3 Å². The van der Waals surface area contributed by atoms with Gasteiger partial charge in [-0.15, -0.1) is 0 Å². The lowest BCUT2D eigenvalue weighted by molar-refractivity contribution is 0.100. The monoisotopic (exact) mass is 398 g/mol. The molecule has 2 heterocycles. The van der Waals surface area contributed by atoms with E-state index in [1.807, 2.05) is 18.2 Å². The Morgan fingerprint density at radius 1 is 0.800 bits per heavy atom. The molecule has 0 bridgehead atoms. The lowest BCUT2D eigenvalue weighted by atomic mass is 10.1. The Balaban J connectivity index is 1.66.